The Morgan fingerprint density at radius 3 is 2.61 bits per heavy atom. The van der Waals surface area contributed by atoms with E-state index in [0.29, 0.717) is 28.8 Å². The van der Waals surface area contributed by atoms with Crippen molar-refractivity contribution in [3.8, 4) is 0 Å². The van der Waals surface area contributed by atoms with E-state index in [1.807, 2.05) is 4.90 Å². The first-order chi connectivity index (χ1) is 13.4. The maximum Gasteiger partial charge on any atom is 0.332 e. The van der Waals surface area contributed by atoms with Crippen molar-refractivity contribution in [1.29, 1.82) is 0 Å². The van der Waals surface area contributed by atoms with Crippen LogP contribution >= 0.6 is 0 Å². The second-order valence-electron chi connectivity index (χ2n) is 7.23. The number of likely N-dealkylation sites (tertiary alicyclic amines) is 1. The predicted molar refractivity (Wildman–Crippen MR) is 103 cm³/mol. The zero-order chi connectivity index (χ0) is 20.0. The molecule has 1 atom stereocenters. The van der Waals surface area contributed by atoms with Gasteiger partial charge in [0.1, 0.15) is 5.65 Å². The Kier molecular flexibility index (Phi) is 4.37. The van der Waals surface area contributed by atoms with E-state index in [2.05, 4.69) is 10.1 Å². The van der Waals surface area contributed by atoms with Gasteiger partial charge in [-0.25, -0.2) is 9.78 Å². The lowest BCUT2D eigenvalue weighted by atomic mass is 9.98. The standard InChI is InChI=1S/C19H22N6O3/c1-22-11-12(10-20-22)17(26)25-9-5-4-6-15(25)14-8-7-13-16(21-14)23(2)19(28)24(3)18(13)27/h7-8,10-11,15H,4-6,9H2,1-3H3/t15-/m1/s1. The third-order valence-electron chi connectivity index (χ3n) is 5.38. The lowest BCUT2D eigenvalue weighted by Crippen LogP contribution is -2.39. The van der Waals surface area contributed by atoms with E-state index in [0.717, 1.165) is 23.8 Å². The fourth-order valence-electron chi connectivity index (χ4n) is 3.83. The smallest absolute Gasteiger partial charge is 0.330 e. The van der Waals surface area contributed by atoms with E-state index < -0.39 is 5.69 Å². The highest BCUT2D eigenvalue weighted by atomic mass is 16.2. The average molecular weight is 382 g/mol. The summed E-state index contributed by atoms with van der Waals surface area (Å²) in [5.74, 6) is -0.0856. The number of amides is 1. The highest BCUT2D eigenvalue weighted by Gasteiger charge is 2.30. The molecule has 3 aromatic heterocycles. The number of pyridine rings is 1. The first-order valence-electron chi connectivity index (χ1n) is 9.25. The summed E-state index contributed by atoms with van der Waals surface area (Å²) in [5.41, 5.74) is 0.771. The molecule has 0 bridgehead atoms. The van der Waals surface area contributed by atoms with Crippen LogP contribution in [0, 0.1) is 0 Å². The fourth-order valence-corrected chi connectivity index (χ4v) is 3.83. The summed E-state index contributed by atoms with van der Waals surface area (Å²) in [4.78, 5) is 44.1. The van der Waals surface area contributed by atoms with Gasteiger partial charge in [-0.05, 0) is 31.4 Å². The van der Waals surface area contributed by atoms with Gasteiger partial charge in [-0.15, -0.1) is 0 Å². The number of hydrogen-bond donors (Lipinski definition) is 0. The van der Waals surface area contributed by atoms with E-state index in [1.165, 1.54) is 11.6 Å². The summed E-state index contributed by atoms with van der Waals surface area (Å²) in [6.45, 7) is 0.633. The zero-order valence-electron chi connectivity index (χ0n) is 16.1. The molecule has 4 rings (SSSR count). The maximum atomic E-state index is 13.0. The summed E-state index contributed by atoms with van der Waals surface area (Å²) in [6.07, 6.45) is 5.96. The van der Waals surface area contributed by atoms with Crippen molar-refractivity contribution < 1.29 is 4.79 Å². The molecular formula is C19H22N6O3. The fraction of sp³-hybridized carbons (Fsp3) is 0.421. The Balaban J connectivity index is 1.79. The van der Waals surface area contributed by atoms with Crippen molar-refractivity contribution in [1.82, 2.24) is 28.8 Å². The van der Waals surface area contributed by atoms with Crippen LogP contribution in [0.15, 0.2) is 34.1 Å². The lowest BCUT2D eigenvalue weighted by molar-refractivity contribution is 0.0606. The third kappa shape index (κ3) is 2.83. The number of aryl methyl sites for hydroxylation is 2. The maximum absolute atomic E-state index is 13.0. The number of nitrogens with zero attached hydrogens (tertiary/aromatic N) is 6. The van der Waals surface area contributed by atoms with Crippen LogP contribution in [0.4, 0.5) is 0 Å². The largest absolute Gasteiger partial charge is 0.332 e. The SMILES string of the molecule is Cn1cc(C(=O)N2CCCC[C@@H]2c2ccc3c(=O)n(C)c(=O)n(C)c3n2)cn1. The molecule has 9 heteroatoms. The molecule has 0 aliphatic carbocycles. The second kappa shape index (κ2) is 6.74. The summed E-state index contributed by atoms with van der Waals surface area (Å²) in [6, 6.07) is 3.28. The minimum atomic E-state index is -0.422. The van der Waals surface area contributed by atoms with Crippen LogP contribution in [0.5, 0.6) is 0 Å². The molecule has 1 amide bonds. The third-order valence-corrected chi connectivity index (χ3v) is 5.38. The van der Waals surface area contributed by atoms with Gasteiger partial charge < -0.3 is 4.90 Å². The molecule has 0 saturated carbocycles. The molecule has 0 N–H and O–H groups in total. The van der Waals surface area contributed by atoms with Crippen LogP contribution < -0.4 is 11.2 Å². The molecule has 146 valence electrons. The van der Waals surface area contributed by atoms with Gasteiger partial charge in [0, 0.05) is 33.9 Å². The number of carbonyl (C=O) groups is 1. The molecule has 9 nitrogen and oxygen atoms in total. The van der Waals surface area contributed by atoms with Gasteiger partial charge in [-0.3, -0.25) is 23.4 Å². The van der Waals surface area contributed by atoms with Gasteiger partial charge in [-0.1, -0.05) is 0 Å². The Hall–Kier alpha value is -3.23. The van der Waals surface area contributed by atoms with Crippen LogP contribution in [-0.2, 0) is 21.1 Å². The number of hydrogen-bond acceptors (Lipinski definition) is 5. The second-order valence-corrected chi connectivity index (χ2v) is 7.23. The van der Waals surface area contributed by atoms with E-state index in [-0.39, 0.29) is 17.5 Å². The van der Waals surface area contributed by atoms with Crippen molar-refractivity contribution in [2.45, 2.75) is 25.3 Å². The molecule has 0 spiro atoms. The molecule has 1 fully saturated rings. The minimum absolute atomic E-state index is 0.0856. The molecule has 1 saturated heterocycles. The molecule has 4 heterocycles. The summed E-state index contributed by atoms with van der Waals surface area (Å²) in [5, 5.41) is 4.47. The Labute approximate surface area is 160 Å². The average Bonchev–Trinajstić information content (AvgIpc) is 3.16. The lowest BCUT2D eigenvalue weighted by Gasteiger charge is -2.35. The molecule has 0 unspecified atom stereocenters. The van der Waals surface area contributed by atoms with Crippen molar-refractivity contribution in [2.24, 2.45) is 21.1 Å². The van der Waals surface area contributed by atoms with Crippen molar-refractivity contribution >= 4 is 16.9 Å². The van der Waals surface area contributed by atoms with Crippen LogP contribution in [0.25, 0.3) is 11.0 Å². The van der Waals surface area contributed by atoms with E-state index >= 15 is 0 Å². The molecule has 28 heavy (non-hydrogen) atoms. The molecule has 0 aromatic carbocycles. The summed E-state index contributed by atoms with van der Waals surface area (Å²) >= 11 is 0. The first kappa shape index (κ1) is 18.1. The Morgan fingerprint density at radius 1 is 1.11 bits per heavy atom. The number of carbonyl (C=O) groups excluding carboxylic acids is 1. The predicted octanol–water partition coefficient (Wildman–Crippen LogP) is 0.733. The number of rotatable bonds is 2. The van der Waals surface area contributed by atoms with Crippen LogP contribution in [0.3, 0.4) is 0 Å². The first-order valence-corrected chi connectivity index (χ1v) is 9.25. The van der Waals surface area contributed by atoms with Gasteiger partial charge in [-0.2, -0.15) is 5.10 Å². The Bertz CT molecular complexity index is 1190. The zero-order valence-corrected chi connectivity index (χ0v) is 16.1. The highest BCUT2D eigenvalue weighted by Crippen LogP contribution is 2.31. The van der Waals surface area contributed by atoms with E-state index in [9.17, 15) is 14.4 Å². The van der Waals surface area contributed by atoms with Gasteiger partial charge in [0.15, 0.2) is 0 Å². The van der Waals surface area contributed by atoms with Crippen molar-refractivity contribution in [3.05, 3.63) is 56.6 Å². The summed E-state index contributed by atoms with van der Waals surface area (Å²) < 4.78 is 4.05. The molecule has 3 aromatic rings. The monoisotopic (exact) mass is 382 g/mol. The minimum Gasteiger partial charge on any atom is -0.330 e. The van der Waals surface area contributed by atoms with Gasteiger partial charge >= 0.3 is 5.69 Å². The van der Waals surface area contributed by atoms with E-state index in [4.69, 9.17) is 0 Å². The topological polar surface area (TPSA) is 95.0 Å². The number of fused-ring (bicyclic) bond motifs is 1. The van der Waals surface area contributed by atoms with Gasteiger partial charge in [0.05, 0.1) is 28.9 Å². The van der Waals surface area contributed by atoms with Gasteiger partial charge in [0.2, 0.25) is 0 Å². The molecule has 1 aliphatic rings. The van der Waals surface area contributed by atoms with Crippen molar-refractivity contribution in [2.75, 3.05) is 6.54 Å². The van der Waals surface area contributed by atoms with Crippen LogP contribution in [0.2, 0.25) is 0 Å². The van der Waals surface area contributed by atoms with Crippen molar-refractivity contribution in [3.63, 3.8) is 0 Å². The Morgan fingerprint density at radius 2 is 1.89 bits per heavy atom. The summed E-state index contributed by atoms with van der Waals surface area (Å²) in [7, 11) is 4.82. The van der Waals surface area contributed by atoms with E-state index in [1.54, 1.807) is 43.3 Å². The normalized spacial score (nSPS) is 17.2. The number of aromatic nitrogens is 5. The quantitative estimate of drug-likeness (QED) is 0.651. The number of piperidine rings is 1. The highest BCUT2D eigenvalue weighted by molar-refractivity contribution is 5.94. The molecular weight excluding hydrogens is 360 g/mol. The van der Waals surface area contributed by atoms with Crippen LogP contribution in [-0.4, -0.2) is 41.3 Å². The molecule has 0 radical (unpaired) electrons. The van der Waals surface area contributed by atoms with Gasteiger partial charge in [0.25, 0.3) is 11.5 Å². The van der Waals surface area contributed by atoms with Crippen LogP contribution in [0.1, 0.15) is 41.4 Å². The molecule has 1 aliphatic heterocycles.